The van der Waals surface area contributed by atoms with Crippen molar-refractivity contribution in [3.8, 4) is 0 Å². The van der Waals surface area contributed by atoms with Gasteiger partial charge in [-0.25, -0.2) is 0 Å². The SMILES string of the molecule is C[C@H]1CN(C(=O)C2C3C4CCC(C4)C23)CCN1.Cl. The van der Waals surface area contributed by atoms with Crippen LogP contribution in [0.5, 0.6) is 0 Å². The fraction of sp³-hybridized carbons (Fsp3) is 0.929. The van der Waals surface area contributed by atoms with E-state index in [1.54, 1.807) is 0 Å². The minimum Gasteiger partial charge on any atom is -0.340 e. The Morgan fingerprint density at radius 2 is 1.89 bits per heavy atom. The molecule has 1 N–H and O–H groups in total. The second-order valence-corrected chi connectivity index (χ2v) is 6.65. The number of nitrogens with zero attached hydrogens (tertiary/aromatic N) is 1. The highest BCUT2D eigenvalue weighted by Gasteiger charge is 2.67. The summed E-state index contributed by atoms with van der Waals surface area (Å²) < 4.78 is 0. The van der Waals surface area contributed by atoms with Crippen LogP contribution in [0.15, 0.2) is 0 Å². The van der Waals surface area contributed by atoms with Crippen LogP contribution in [-0.2, 0) is 4.79 Å². The molecule has 0 aromatic carbocycles. The van der Waals surface area contributed by atoms with Gasteiger partial charge >= 0.3 is 0 Å². The first kappa shape index (κ1) is 12.7. The van der Waals surface area contributed by atoms with Gasteiger partial charge in [0.05, 0.1) is 0 Å². The molecule has 1 heterocycles. The number of nitrogens with one attached hydrogen (secondary N) is 1. The molecule has 5 atom stereocenters. The lowest BCUT2D eigenvalue weighted by Gasteiger charge is -2.32. The maximum Gasteiger partial charge on any atom is 0.226 e. The molecule has 0 aromatic heterocycles. The molecular weight excluding hydrogens is 248 g/mol. The molecule has 4 heteroatoms. The maximum atomic E-state index is 12.5. The third kappa shape index (κ3) is 1.70. The molecule has 102 valence electrons. The van der Waals surface area contributed by atoms with Crippen molar-refractivity contribution in [1.29, 1.82) is 0 Å². The van der Waals surface area contributed by atoms with Crippen LogP contribution in [0, 0.1) is 29.6 Å². The predicted octanol–water partition coefficient (Wildman–Crippen LogP) is 1.52. The van der Waals surface area contributed by atoms with Gasteiger partial charge in [0.1, 0.15) is 0 Å². The second-order valence-electron chi connectivity index (χ2n) is 6.65. The molecule has 4 aliphatic rings. The number of hydrogen-bond acceptors (Lipinski definition) is 2. The highest BCUT2D eigenvalue weighted by molar-refractivity contribution is 5.85. The number of amides is 1. The number of fused-ring (bicyclic) bond motifs is 5. The fourth-order valence-corrected chi connectivity index (χ4v) is 5.00. The summed E-state index contributed by atoms with van der Waals surface area (Å²) in [6.07, 6.45) is 4.26. The molecule has 3 nitrogen and oxygen atoms in total. The van der Waals surface area contributed by atoms with Gasteiger partial charge in [-0.3, -0.25) is 4.79 Å². The number of hydrogen-bond donors (Lipinski definition) is 1. The van der Waals surface area contributed by atoms with Crippen molar-refractivity contribution < 1.29 is 4.79 Å². The first-order valence-electron chi connectivity index (χ1n) is 7.28. The number of rotatable bonds is 1. The largest absolute Gasteiger partial charge is 0.340 e. The summed E-state index contributed by atoms with van der Waals surface area (Å²) in [5.74, 6) is 4.35. The summed E-state index contributed by atoms with van der Waals surface area (Å²) >= 11 is 0. The van der Waals surface area contributed by atoms with Gasteiger partial charge in [-0.2, -0.15) is 0 Å². The standard InChI is InChI=1S/C14H22N2O.ClH/c1-8-7-16(5-4-15-8)14(17)13-11-9-2-3-10(6-9)12(11)13;/h8-13,15H,2-7H2,1H3;1H/t8-,9?,10?,11?,12?,13?;/m0./s1. The van der Waals surface area contributed by atoms with Gasteiger partial charge in [0.2, 0.25) is 5.91 Å². The number of carbonyl (C=O) groups is 1. The molecule has 4 unspecified atom stereocenters. The van der Waals surface area contributed by atoms with E-state index in [4.69, 9.17) is 0 Å². The minimum atomic E-state index is 0. The molecule has 4 fully saturated rings. The lowest BCUT2D eigenvalue weighted by Crippen LogP contribution is -2.52. The van der Waals surface area contributed by atoms with Crippen molar-refractivity contribution in [1.82, 2.24) is 10.2 Å². The van der Waals surface area contributed by atoms with Gasteiger partial charge in [-0.05, 0) is 49.9 Å². The molecule has 3 aliphatic carbocycles. The van der Waals surface area contributed by atoms with Gasteiger partial charge in [-0.1, -0.05) is 0 Å². The third-order valence-electron chi connectivity index (χ3n) is 5.70. The number of halogens is 1. The summed E-state index contributed by atoms with van der Waals surface area (Å²) in [5, 5.41) is 3.41. The van der Waals surface area contributed by atoms with Crippen molar-refractivity contribution in [2.24, 2.45) is 29.6 Å². The average Bonchev–Trinajstić information content (AvgIpc) is 2.76. The van der Waals surface area contributed by atoms with Crippen LogP contribution in [0.1, 0.15) is 26.2 Å². The summed E-state index contributed by atoms with van der Waals surface area (Å²) in [6, 6.07) is 0.475. The lowest BCUT2D eigenvalue weighted by atomic mass is 10.0. The predicted molar refractivity (Wildman–Crippen MR) is 72.6 cm³/mol. The number of piperazine rings is 1. The molecular formula is C14H23ClN2O. The van der Waals surface area contributed by atoms with Crippen LogP contribution >= 0.6 is 12.4 Å². The van der Waals surface area contributed by atoms with Crippen LogP contribution in [0.2, 0.25) is 0 Å². The molecule has 1 saturated heterocycles. The molecule has 3 saturated carbocycles. The highest BCUT2D eigenvalue weighted by atomic mass is 35.5. The smallest absolute Gasteiger partial charge is 0.226 e. The zero-order chi connectivity index (χ0) is 11.6. The Hall–Kier alpha value is -0.280. The summed E-state index contributed by atoms with van der Waals surface area (Å²) in [6.45, 7) is 5.00. The average molecular weight is 271 g/mol. The van der Waals surface area contributed by atoms with Gasteiger partial charge in [-0.15, -0.1) is 12.4 Å². The fourth-order valence-electron chi connectivity index (χ4n) is 5.00. The normalized spacial score (nSPS) is 48.6. The zero-order valence-corrected chi connectivity index (χ0v) is 11.8. The molecule has 1 aliphatic heterocycles. The Bertz CT molecular complexity index is 346. The van der Waals surface area contributed by atoms with E-state index in [0.29, 0.717) is 17.9 Å². The third-order valence-corrected chi connectivity index (χ3v) is 5.70. The van der Waals surface area contributed by atoms with Crippen molar-refractivity contribution in [3.05, 3.63) is 0 Å². The zero-order valence-electron chi connectivity index (χ0n) is 11.0. The Balaban J connectivity index is 0.000001000. The topological polar surface area (TPSA) is 32.3 Å². The first-order valence-corrected chi connectivity index (χ1v) is 7.28. The van der Waals surface area contributed by atoms with E-state index in [0.717, 1.165) is 43.3 Å². The molecule has 2 bridgehead atoms. The van der Waals surface area contributed by atoms with Gasteiger partial charge in [0.15, 0.2) is 0 Å². The molecule has 0 radical (unpaired) electrons. The van der Waals surface area contributed by atoms with Gasteiger partial charge in [0, 0.05) is 31.6 Å². The molecule has 1 amide bonds. The Kier molecular flexibility index (Phi) is 3.10. The quantitative estimate of drug-likeness (QED) is 0.784. The van der Waals surface area contributed by atoms with E-state index in [1.807, 2.05) is 0 Å². The summed E-state index contributed by atoms with van der Waals surface area (Å²) in [5.41, 5.74) is 0. The summed E-state index contributed by atoms with van der Waals surface area (Å²) in [7, 11) is 0. The van der Waals surface area contributed by atoms with E-state index >= 15 is 0 Å². The summed E-state index contributed by atoms with van der Waals surface area (Å²) in [4.78, 5) is 14.7. The van der Waals surface area contributed by atoms with E-state index in [-0.39, 0.29) is 12.4 Å². The van der Waals surface area contributed by atoms with Crippen LogP contribution in [0.25, 0.3) is 0 Å². The Morgan fingerprint density at radius 1 is 1.22 bits per heavy atom. The van der Waals surface area contributed by atoms with Crippen molar-refractivity contribution in [3.63, 3.8) is 0 Å². The molecule has 4 rings (SSSR count). The maximum absolute atomic E-state index is 12.5. The molecule has 18 heavy (non-hydrogen) atoms. The van der Waals surface area contributed by atoms with Gasteiger partial charge in [0.25, 0.3) is 0 Å². The number of carbonyl (C=O) groups excluding carboxylic acids is 1. The van der Waals surface area contributed by atoms with Crippen molar-refractivity contribution in [2.75, 3.05) is 19.6 Å². The van der Waals surface area contributed by atoms with Crippen LogP contribution in [0.3, 0.4) is 0 Å². The van der Waals surface area contributed by atoms with Gasteiger partial charge < -0.3 is 10.2 Å². The Labute approximate surface area is 115 Å². The van der Waals surface area contributed by atoms with Crippen molar-refractivity contribution in [2.45, 2.75) is 32.2 Å². The first-order chi connectivity index (χ1) is 8.25. The lowest BCUT2D eigenvalue weighted by molar-refractivity contribution is -0.134. The molecule has 0 spiro atoms. The minimum absolute atomic E-state index is 0. The van der Waals surface area contributed by atoms with E-state index < -0.39 is 0 Å². The molecule has 0 aromatic rings. The van der Waals surface area contributed by atoms with E-state index in [1.165, 1.54) is 19.3 Å². The monoisotopic (exact) mass is 270 g/mol. The van der Waals surface area contributed by atoms with E-state index in [9.17, 15) is 4.79 Å². The van der Waals surface area contributed by atoms with E-state index in [2.05, 4.69) is 17.1 Å². The highest BCUT2D eigenvalue weighted by Crippen LogP contribution is 2.69. The van der Waals surface area contributed by atoms with Crippen LogP contribution in [0.4, 0.5) is 0 Å². The van der Waals surface area contributed by atoms with Crippen molar-refractivity contribution >= 4 is 18.3 Å². The van der Waals surface area contributed by atoms with Crippen LogP contribution in [-0.4, -0.2) is 36.5 Å². The van der Waals surface area contributed by atoms with Crippen LogP contribution < -0.4 is 5.32 Å². The Morgan fingerprint density at radius 3 is 2.50 bits per heavy atom. The second kappa shape index (κ2) is 4.38.